The quantitative estimate of drug-likeness (QED) is 0.611. The third-order valence-corrected chi connectivity index (χ3v) is 3.60. The molecule has 0 aliphatic heterocycles. The normalized spacial score (nSPS) is 10.8. The van der Waals surface area contributed by atoms with E-state index in [1.54, 1.807) is 25.4 Å². The molecule has 0 fully saturated rings. The van der Waals surface area contributed by atoms with Gasteiger partial charge in [0.1, 0.15) is 11.4 Å². The van der Waals surface area contributed by atoms with Gasteiger partial charge in [0, 0.05) is 23.7 Å². The average molecular weight is 331 g/mol. The number of benzene rings is 1. The van der Waals surface area contributed by atoms with Crippen molar-refractivity contribution >= 4 is 5.91 Å². The van der Waals surface area contributed by atoms with Crippen LogP contribution in [0.5, 0.6) is 5.75 Å². The van der Waals surface area contributed by atoms with Crippen molar-refractivity contribution in [2.24, 2.45) is 0 Å². The lowest BCUT2D eigenvalue weighted by Crippen LogP contribution is -2.27. The second-order valence-corrected chi connectivity index (χ2v) is 5.84. The number of carbonyl (C=O) groups excluding carboxylic acids is 1. The molecular weight excluding hydrogens is 306 g/mol. The molecular formula is C17H25N5O2. The molecule has 1 heterocycles. The molecule has 130 valence electrons. The number of H-pyrrole nitrogens is 1. The van der Waals surface area contributed by atoms with Gasteiger partial charge in [0.25, 0.3) is 5.91 Å². The molecule has 0 radical (unpaired) electrons. The molecule has 7 heteroatoms. The van der Waals surface area contributed by atoms with Crippen LogP contribution in [-0.2, 0) is 0 Å². The standard InChI is InChI=1S/C17H25N5O2/c1-12(2)18-8-4-5-9-19-17(23)13-6-7-14(16(10-13)24-3)15-11-20-22-21-15/h6-7,10-12,18H,4-5,8-9H2,1-3H3,(H,19,23)(H,20,21,22). The zero-order chi connectivity index (χ0) is 17.4. The highest BCUT2D eigenvalue weighted by Crippen LogP contribution is 2.28. The number of hydrogen-bond acceptors (Lipinski definition) is 5. The fraction of sp³-hybridized carbons (Fsp3) is 0.471. The fourth-order valence-electron chi connectivity index (χ4n) is 2.32. The molecule has 1 amide bonds. The number of aromatic nitrogens is 3. The van der Waals surface area contributed by atoms with E-state index in [2.05, 4.69) is 39.9 Å². The van der Waals surface area contributed by atoms with Gasteiger partial charge < -0.3 is 15.4 Å². The maximum atomic E-state index is 12.2. The lowest BCUT2D eigenvalue weighted by molar-refractivity contribution is 0.0952. The molecule has 0 aliphatic rings. The summed E-state index contributed by atoms with van der Waals surface area (Å²) in [6, 6.07) is 5.80. The number of hydrogen-bond donors (Lipinski definition) is 3. The Hall–Kier alpha value is -2.41. The summed E-state index contributed by atoms with van der Waals surface area (Å²) in [6.07, 6.45) is 3.59. The number of nitrogens with one attached hydrogen (secondary N) is 3. The van der Waals surface area contributed by atoms with Gasteiger partial charge >= 0.3 is 0 Å². The molecule has 2 rings (SSSR count). The van der Waals surface area contributed by atoms with Crippen LogP contribution in [-0.4, -0.2) is 47.6 Å². The minimum atomic E-state index is -0.100. The first kappa shape index (κ1) is 17.9. The van der Waals surface area contributed by atoms with Crippen LogP contribution in [0, 0.1) is 0 Å². The van der Waals surface area contributed by atoms with Gasteiger partial charge in [0.2, 0.25) is 0 Å². The van der Waals surface area contributed by atoms with E-state index in [0.29, 0.717) is 29.6 Å². The Bertz CT molecular complexity index is 640. The largest absolute Gasteiger partial charge is 0.496 e. The Morgan fingerprint density at radius 3 is 2.75 bits per heavy atom. The molecule has 0 unspecified atom stereocenters. The van der Waals surface area contributed by atoms with Gasteiger partial charge in [-0.2, -0.15) is 15.4 Å². The number of rotatable bonds is 9. The molecule has 0 saturated heterocycles. The topological polar surface area (TPSA) is 91.9 Å². The number of unbranched alkanes of at least 4 members (excludes halogenated alkanes) is 1. The highest BCUT2D eigenvalue weighted by atomic mass is 16.5. The minimum absolute atomic E-state index is 0.100. The van der Waals surface area contributed by atoms with Gasteiger partial charge in [-0.05, 0) is 37.6 Å². The number of ether oxygens (including phenoxy) is 1. The van der Waals surface area contributed by atoms with Gasteiger partial charge in [-0.1, -0.05) is 13.8 Å². The second kappa shape index (κ2) is 9.02. The van der Waals surface area contributed by atoms with Crippen molar-refractivity contribution in [3.05, 3.63) is 30.0 Å². The summed E-state index contributed by atoms with van der Waals surface area (Å²) in [6.45, 7) is 5.87. The third kappa shape index (κ3) is 5.06. The predicted molar refractivity (Wildman–Crippen MR) is 93.1 cm³/mol. The van der Waals surface area contributed by atoms with Crippen molar-refractivity contribution in [2.45, 2.75) is 32.7 Å². The number of amides is 1. The maximum Gasteiger partial charge on any atom is 0.251 e. The van der Waals surface area contributed by atoms with Gasteiger partial charge in [0.15, 0.2) is 0 Å². The first-order valence-corrected chi connectivity index (χ1v) is 8.17. The highest BCUT2D eigenvalue weighted by Gasteiger charge is 2.12. The Labute approximate surface area is 142 Å². The summed E-state index contributed by atoms with van der Waals surface area (Å²) in [5.74, 6) is 0.495. The van der Waals surface area contributed by atoms with E-state index in [9.17, 15) is 4.79 Å². The van der Waals surface area contributed by atoms with E-state index in [4.69, 9.17) is 4.74 Å². The van der Waals surface area contributed by atoms with E-state index in [1.807, 2.05) is 6.07 Å². The minimum Gasteiger partial charge on any atom is -0.496 e. The fourth-order valence-corrected chi connectivity index (χ4v) is 2.32. The van der Waals surface area contributed by atoms with Crippen molar-refractivity contribution in [1.29, 1.82) is 0 Å². The molecule has 1 aromatic heterocycles. The summed E-state index contributed by atoms with van der Waals surface area (Å²) in [4.78, 5) is 12.2. The van der Waals surface area contributed by atoms with Crippen molar-refractivity contribution in [2.75, 3.05) is 20.2 Å². The Morgan fingerprint density at radius 1 is 1.29 bits per heavy atom. The van der Waals surface area contributed by atoms with E-state index in [-0.39, 0.29) is 5.91 Å². The first-order valence-electron chi connectivity index (χ1n) is 8.17. The van der Waals surface area contributed by atoms with Crippen molar-refractivity contribution in [3.63, 3.8) is 0 Å². The van der Waals surface area contributed by atoms with E-state index in [0.717, 1.165) is 24.9 Å². The molecule has 3 N–H and O–H groups in total. The monoisotopic (exact) mass is 331 g/mol. The molecule has 0 atom stereocenters. The van der Waals surface area contributed by atoms with E-state index in [1.165, 1.54) is 0 Å². The number of aromatic amines is 1. The molecule has 2 aromatic rings. The molecule has 1 aromatic carbocycles. The van der Waals surface area contributed by atoms with Crippen molar-refractivity contribution in [3.8, 4) is 17.0 Å². The molecule has 7 nitrogen and oxygen atoms in total. The Balaban J connectivity index is 1.88. The Morgan fingerprint density at radius 2 is 2.08 bits per heavy atom. The van der Waals surface area contributed by atoms with Crippen LogP contribution < -0.4 is 15.4 Å². The van der Waals surface area contributed by atoms with E-state index >= 15 is 0 Å². The smallest absolute Gasteiger partial charge is 0.251 e. The SMILES string of the molecule is COc1cc(C(=O)NCCCCNC(C)C)ccc1-c1cn[nH]n1. The van der Waals surface area contributed by atoms with Gasteiger partial charge in [-0.25, -0.2) is 0 Å². The van der Waals surface area contributed by atoms with Crippen LogP contribution in [0.4, 0.5) is 0 Å². The second-order valence-electron chi connectivity index (χ2n) is 5.84. The lowest BCUT2D eigenvalue weighted by Gasteiger charge is -2.10. The maximum absolute atomic E-state index is 12.2. The van der Waals surface area contributed by atoms with Crippen molar-refractivity contribution < 1.29 is 9.53 Å². The molecule has 0 aliphatic carbocycles. The zero-order valence-electron chi connectivity index (χ0n) is 14.4. The van der Waals surface area contributed by atoms with Crippen LogP contribution in [0.3, 0.4) is 0 Å². The average Bonchev–Trinajstić information content (AvgIpc) is 3.11. The number of carbonyl (C=O) groups is 1. The lowest BCUT2D eigenvalue weighted by atomic mass is 10.1. The number of methoxy groups -OCH3 is 1. The summed E-state index contributed by atoms with van der Waals surface area (Å²) in [5, 5.41) is 16.7. The summed E-state index contributed by atoms with van der Waals surface area (Å²) < 4.78 is 5.37. The van der Waals surface area contributed by atoms with E-state index < -0.39 is 0 Å². The third-order valence-electron chi connectivity index (χ3n) is 3.60. The summed E-state index contributed by atoms with van der Waals surface area (Å²) >= 11 is 0. The summed E-state index contributed by atoms with van der Waals surface area (Å²) in [5.41, 5.74) is 2.04. The molecule has 0 bridgehead atoms. The Kier molecular flexibility index (Phi) is 6.74. The predicted octanol–water partition coefficient (Wildman–Crippen LogP) is 1.99. The molecule has 0 saturated carbocycles. The molecule has 0 spiro atoms. The highest BCUT2D eigenvalue weighted by molar-refractivity contribution is 5.95. The summed E-state index contributed by atoms with van der Waals surface area (Å²) in [7, 11) is 1.57. The van der Waals surface area contributed by atoms with Gasteiger partial charge in [0.05, 0.1) is 13.3 Å². The van der Waals surface area contributed by atoms with Crippen LogP contribution in [0.25, 0.3) is 11.3 Å². The van der Waals surface area contributed by atoms with Gasteiger partial charge in [-0.15, -0.1) is 0 Å². The zero-order valence-corrected chi connectivity index (χ0v) is 14.4. The van der Waals surface area contributed by atoms with Crippen LogP contribution in [0.1, 0.15) is 37.0 Å². The molecule has 24 heavy (non-hydrogen) atoms. The first-order chi connectivity index (χ1) is 11.6. The van der Waals surface area contributed by atoms with Crippen LogP contribution in [0.15, 0.2) is 24.4 Å². The van der Waals surface area contributed by atoms with Gasteiger partial charge in [-0.3, -0.25) is 4.79 Å². The van der Waals surface area contributed by atoms with Crippen LogP contribution in [0.2, 0.25) is 0 Å². The number of nitrogens with zero attached hydrogens (tertiary/aromatic N) is 2. The van der Waals surface area contributed by atoms with Crippen LogP contribution >= 0.6 is 0 Å². The van der Waals surface area contributed by atoms with Crippen molar-refractivity contribution in [1.82, 2.24) is 26.0 Å².